The van der Waals surface area contributed by atoms with Crippen molar-refractivity contribution in [2.24, 2.45) is 0 Å². The number of hydrogen-bond donors (Lipinski definition) is 1. The van der Waals surface area contributed by atoms with Crippen LogP contribution in [0.5, 0.6) is 5.75 Å². The average Bonchev–Trinajstić information content (AvgIpc) is 2.28. The van der Waals surface area contributed by atoms with Crippen molar-refractivity contribution in [3.05, 3.63) is 29.8 Å². The Bertz CT molecular complexity index is 381. The smallest absolute Gasteiger partial charge is 0.235 e. The van der Waals surface area contributed by atoms with Crippen LogP contribution in [0.3, 0.4) is 0 Å². The Morgan fingerprint density at radius 1 is 1.47 bits per heavy atom. The minimum atomic E-state index is -0.777. The summed E-state index contributed by atoms with van der Waals surface area (Å²) in [6.45, 7) is 1.60. The first-order valence-corrected chi connectivity index (χ1v) is 5.50. The van der Waals surface area contributed by atoms with E-state index in [1.165, 1.54) is 6.07 Å². The molecule has 0 unspecified atom stereocenters. The lowest BCUT2D eigenvalue weighted by Crippen LogP contribution is -2.37. The predicted molar refractivity (Wildman–Crippen MR) is 60.2 cm³/mol. The van der Waals surface area contributed by atoms with Crippen LogP contribution < -0.4 is 10.1 Å². The second-order valence-corrected chi connectivity index (χ2v) is 3.73. The minimum absolute atomic E-state index is 0.0412. The van der Waals surface area contributed by atoms with Gasteiger partial charge in [-0.1, -0.05) is 6.07 Å². The molecule has 1 atom stereocenters. The number of para-hydroxylation sites is 1. The predicted octanol–water partition coefficient (Wildman–Crippen LogP) is 2.09. The van der Waals surface area contributed by atoms with Gasteiger partial charge in [0.15, 0.2) is 17.4 Å². The van der Waals surface area contributed by atoms with E-state index >= 15 is 0 Å². The normalized spacial score (nSPS) is 12.0. The summed E-state index contributed by atoms with van der Waals surface area (Å²) in [6.07, 6.45) is 0. The fourth-order valence-electron chi connectivity index (χ4n) is 1.18. The highest BCUT2D eigenvalue weighted by Crippen LogP contribution is 2.20. The number of ether oxygens (including phenoxy) is 1. The van der Waals surface area contributed by atoms with E-state index in [4.69, 9.17) is 16.3 Å². The average molecular weight is 264 g/mol. The van der Waals surface area contributed by atoms with E-state index in [9.17, 15) is 13.6 Å². The molecule has 0 aromatic heterocycles. The van der Waals surface area contributed by atoms with Crippen LogP contribution in [0.4, 0.5) is 8.78 Å². The van der Waals surface area contributed by atoms with Gasteiger partial charge < -0.3 is 10.1 Å². The van der Waals surface area contributed by atoms with Gasteiger partial charge in [0.05, 0.1) is 6.04 Å². The lowest BCUT2D eigenvalue weighted by molar-refractivity contribution is -0.119. The number of nitrogens with one attached hydrogen (secondary N) is 1. The standard InChI is InChI=1S/C11H12ClF2NO2/c1-7(15-10(16)5-12)6-17-11-8(13)3-2-4-9(11)14/h2-4,7H,5-6H2,1H3,(H,15,16)/t7-/m1/s1. The molecule has 1 rings (SSSR count). The van der Waals surface area contributed by atoms with E-state index in [1.807, 2.05) is 0 Å². The van der Waals surface area contributed by atoms with Crippen LogP contribution in [-0.4, -0.2) is 24.4 Å². The Morgan fingerprint density at radius 3 is 2.59 bits per heavy atom. The Hall–Kier alpha value is -1.36. The fourth-order valence-corrected chi connectivity index (χ4v) is 1.26. The highest BCUT2D eigenvalue weighted by Gasteiger charge is 2.12. The van der Waals surface area contributed by atoms with Gasteiger partial charge in [0, 0.05) is 0 Å². The first kappa shape index (κ1) is 13.7. The van der Waals surface area contributed by atoms with Gasteiger partial charge in [-0.25, -0.2) is 8.78 Å². The fraction of sp³-hybridized carbons (Fsp3) is 0.364. The van der Waals surface area contributed by atoms with Crippen molar-refractivity contribution in [3.63, 3.8) is 0 Å². The van der Waals surface area contributed by atoms with Gasteiger partial charge in [-0.2, -0.15) is 0 Å². The van der Waals surface area contributed by atoms with E-state index in [1.54, 1.807) is 6.92 Å². The summed E-state index contributed by atoms with van der Waals surface area (Å²) in [4.78, 5) is 10.9. The zero-order valence-corrected chi connectivity index (χ0v) is 9.93. The van der Waals surface area contributed by atoms with Gasteiger partial charge in [-0.3, -0.25) is 4.79 Å². The highest BCUT2D eigenvalue weighted by molar-refractivity contribution is 6.27. The molecule has 0 saturated heterocycles. The molecule has 94 valence electrons. The molecule has 0 aliphatic rings. The molecule has 0 aliphatic carbocycles. The zero-order valence-electron chi connectivity index (χ0n) is 9.17. The van der Waals surface area contributed by atoms with Gasteiger partial charge in [0.1, 0.15) is 12.5 Å². The van der Waals surface area contributed by atoms with E-state index < -0.39 is 17.4 Å². The number of alkyl halides is 1. The molecule has 0 bridgehead atoms. The summed E-state index contributed by atoms with van der Waals surface area (Å²) in [6, 6.07) is 3.05. The third-order valence-electron chi connectivity index (χ3n) is 1.93. The first-order chi connectivity index (χ1) is 8.04. The molecule has 17 heavy (non-hydrogen) atoms. The molecular formula is C11H12ClF2NO2. The lowest BCUT2D eigenvalue weighted by atomic mass is 10.3. The number of hydrogen-bond acceptors (Lipinski definition) is 2. The van der Waals surface area contributed by atoms with Gasteiger partial charge in [-0.15, -0.1) is 11.6 Å². The molecule has 1 amide bonds. The van der Waals surface area contributed by atoms with Gasteiger partial charge >= 0.3 is 0 Å². The van der Waals surface area contributed by atoms with Crippen molar-refractivity contribution < 1.29 is 18.3 Å². The van der Waals surface area contributed by atoms with E-state index in [2.05, 4.69) is 5.32 Å². The molecule has 1 aromatic carbocycles. The van der Waals surface area contributed by atoms with E-state index in [0.29, 0.717) is 0 Å². The van der Waals surface area contributed by atoms with Crippen LogP contribution in [0.2, 0.25) is 0 Å². The maximum Gasteiger partial charge on any atom is 0.235 e. The second kappa shape index (κ2) is 6.39. The largest absolute Gasteiger partial charge is 0.485 e. The first-order valence-electron chi connectivity index (χ1n) is 4.96. The zero-order chi connectivity index (χ0) is 12.8. The molecule has 0 saturated carbocycles. The maximum atomic E-state index is 13.2. The van der Waals surface area contributed by atoms with Crippen LogP contribution in [0, 0.1) is 11.6 Å². The van der Waals surface area contributed by atoms with Crippen LogP contribution in [0.1, 0.15) is 6.92 Å². The molecule has 1 aromatic rings. The van der Waals surface area contributed by atoms with Crippen molar-refractivity contribution in [2.75, 3.05) is 12.5 Å². The number of rotatable bonds is 5. The second-order valence-electron chi connectivity index (χ2n) is 3.46. The summed E-state index contributed by atoms with van der Waals surface area (Å²) in [5.41, 5.74) is 0. The molecule has 6 heteroatoms. The Morgan fingerprint density at radius 2 is 2.06 bits per heavy atom. The Balaban J connectivity index is 2.53. The molecular weight excluding hydrogens is 252 g/mol. The van der Waals surface area contributed by atoms with Crippen LogP contribution in [-0.2, 0) is 4.79 Å². The van der Waals surface area contributed by atoms with Gasteiger partial charge in [-0.05, 0) is 19.1 Å². The van der Waals surface area contributed by atoms with Crippen molar-refractivity contribution in [1.29, 1.82) is 0 Å². The topological polar surface area (TPSA) is 38.3 Å². The Kier molecular flexibility index (Phi) is 5.15. The molecule has 0 aliphatic heterocycles. The lowest BCUT2D eigenvalue weighted by Gasteiger charge is -2.14. The number of carbonyl (C=O) groups excluding carboxylic acids is 1. The summed E-state index contributed by atoms with van der Waals surface area (Å²) in [5, 5.41) is 2.50. The van der Waals surface area contributed by atoms with Gasteiger partial charge in [0.25, 0.3) is 0 Å². The summed E-state index contributed by atoms with van der Waals surface area (Å²) < 4.78 is 31.3. The molecule has 0 radical (unpaired) electrons. The third kappa shape index (κ3) is 4.19. The van der Waals surface area contributed by atoms with Crippen LogP contribution in [0.15, 0.2) is 18.2 Å². The maximum absolute atomic E-state index is 13.2. The summed E-state index contributed by atoms with van der Waals surface area (Å²) in [5.74, 6) is -2.53. The van der Waals surface area contributed by atoms with Crippen molar-refractivity contribution in [2.45, 2.75) is 13.0 Å². The third-order valence-corrected chi connectivity index (χ3v) is 2.17. The van der Waals surface area contributed by atoms with Crippen LogP contribution >= 0.6 is 11.6 Å². The quantitative estimate of drug-likeness (QED) is 0.826. The molecule has 3 nitrogen and oxygen atoms in total. The molecule has 1 N–H and O–H groups in total. The summed E-state index contributed by atoms with van der Waals surface area (Å²) >= 11 is 5.29. The molecule has 0 spiro atoms. The highest BCUT2D eigenvalue weighted by atomic mass is 35.5. The van der Waals surface area contributed by atoms with E-state index in [-0.39, 0.29) is 24.4 Å². The van der Waals surface area contributed by atoms with Gasteiger partial charge in [0.2, 0.25) is 5.91 Å². The molecule has 0 fully saturated rings. The summed E-state index contributed by atoms with van der Waals surface area (Å²) in [7, 11) is 0. The number of benzene rings is 1. The van der Waals surface area contributed by atoms with Crippen LogP contribution in [0.25, 0.3) is 0 Å². The van der Waals surface area contributed by atoms with Crippen molar-refractivity contribution in [1.82, 2.24) is 5.32 Å². The number of carbonyl (C=O) groups is 1. The van der Waals surface area contributed by atoms with E-state index in [0.717, 1.165) is 12.1 Å². The van der Waals surface area contributed by atoms with Crippen molar-refractivity contribution >= 4 is 17.5 Å². The monoisotopic (exact) mass is 263 g/mol. The minimum Gasteiger partial charge on any atom is -0.485 e. The molecule has 0 heterocycles. The number of halogens is 3. The SMILES string of the molecule is C[C@H](COc1c(F)cccc1F)NC(=O)CCl. The number of amides is 1. The van der Waals surface area contributed by atoms with Crippen molar-refractivity contribution in [3.8, 4) is 5.75 Å². The Labute approximate surface area is 103 Å².